The lowest BCUT2D eigenvalue weighted by Crippen LogP contribution is -2.19. The van der Waals surface area contributed by atoms with E-state index in [1.165, 1.54) is 22.9 Å². The van der Waals surface area contributed by atoms with Crippen molar-refractivity contribution in [2.24, 2.45) is 0 Å². The van der Waals surface area contributed by atoms with E-state index in [1.807, 2.05) is 6.92 Å². The number of nitrogens with zero attached hydrogens (tertiary/aromatic N) is 2. The molecule has 0 aliphatic heterocycles. The third-order valence-electron chi connectivity index (χ3n) is 2.75. The molecule has 0 atom stereocenters. The normalized spacial score (nSPS) is 10.5. The average molecular weight is 262 g/mol. The maximum Gasteiger partial charge on any atom is 0.246 e. The number of benzene rings is 1. The molecule has 0 saturated carbocycles. The molecule has 100 valence electrons. The monoisotopic (exact) mass is 262 g/mol. The van der Waals surface area contributed by atoms with Crippen LogP contribution >= 0.6 is 0 Å². The second kappa shape index (κ2) is 5.09. The summed E-state index contributed by atoms with van der Waals surface area (Å²) in [5.41, 5.74) is 7.69. The summed E-state index contributed by atoms with van der Waals surface area (Å²) in [4.78, 5) is 11.8. The van der Waals surface area contributed by atoms with E-state index in [-0.39, 0.29) is 18.3 Å². The number of carbonyl (C=O) groups excluding carboxylic acids is 1. The van der Waals surface area contributed by atoms with Crippen LogP contribution in [0.25, 0.3) is 0 Å². The van der Waals surface area contributed by atoms with Crippen molar-refractivity contribution in [1.29, 1.82) is 0 Å². The Labute approximate surface area is 110 Å². The van der Waals surface area contributed by atoms with Crippen LogP contribution in [0, 0.1) is 19.7 Å². The molecule has 6 heteroatoms. The molecule has 19 heavy (non-hydrogen) atoms. The predicted molar refractivity (Wildman–Crippen MR) is 71.1 cm³/mol. The number of nitrogen functional groups attached to an aromatic ring is 1. The van der Waals surface area contributed by atoms with E-state index < -0.39 is 0 Å². The van der Waals surface area contributed by atoms with Gasteiger partial charge >= 0.3 is 0 Å². The van der Waals surface area contributed by atoms with Gasteiger partial charge in [0, 0.05) is 17.4 Å². The van der Waals surface area contributed by atoms with Crippen molar-refractivity contribution in [2.75, 3.05) is 11.1 Å². The standard InChI is InChI=1S/C13H15FN4O/c1-8-5-10(14)3-4-11(8)16-12(19)7-18-6-9(2)13(15)17-18/h3-6H,7H2,1-2H3,(H2,15,17)(H,16,19). The van der Waals surface area contributed by atoms with Crippen LogP contribution in [0.5, 0.6) is 0 Å². The van der Waals surface area contributed by atoms with Gasteiger partial charge < -0.3 is 11.1 Å². The van der Waals surface area contributed by atoms with Crippen LogP contribution in [0.15, 0.2) is 24.4 Å². The highest BCUT2D eigenvalue weighted by atomic mass is 19.1. The van der Waals surface area contributed by atoms with Crippen molar-refractivity contribution in [3.8, 4) is 0 Å². The highest BCUT2D eigenvalue weighted by Crippen LogP contribution is 2.15. The van der Waals surface area contributed by atoms with Gasteiger partial charge in [-0.2, -0.15) is 5.10 Å². The number of hydrogen-bond donors (Lipinski definition) is 2. The molecule has 2 aromatic rings. The second-order valence-electron chi connectivity index (χ2n) is 4.40. The molecule has 1 heterocycles. The highest BCUT2D eigenvalue weighted by molar-refractivity contribution is 5.91. The quantitative estimate of drug-likeness (QED) is 0.886. The molecule has 0 radical (unpaired) electrons. The minimum absolute atomic E-state index is 0.0643. The molecule has 0 fully saturated rings. The van der Waals surface area contributed by atoms with Crippen LogP contribution in [0.3, 0.4) is 0 Å². The summed E-state index contributed by atoms with van der Waals surface area (Å²) in [7, 11) is 0. The van der Waals surface area contributed by atoms with Crippen molar-refractivity contribution in [3.63, 3.8) is 0 Å². The summed E-state index contributed by atoms with van der Waals surface area (Å²) in [6, 6.07) is 4.20. The highest BCUT2D eigenvalue weighted by Gasteiger charge is 2.08. The van der Waals surface area contributed by atoms with E-state index in [0.717, 1.165) is 5.56 Å². The first-order valence-electron chi connectivity index (χ1n) is 5.81. The molecule has 3 N–H and O–H groups in total. The van der Waals surface area contributed by atoms with E-state index in [4.69, 9.17) is 5.73 Å². The zero-order chi connectivity index (χ0) is 14.0. The van der Waals surface area contributed by atoms with Crippen molar-refractivity contribution in [2.45, 2.75) is 20.4 Å². The smallest absolute Gasteiger partial charge is 0.246 e. The fraction of sp³-hybridized carbons (Fsp3) is 0.231. The number of amides is 1. The first kappa shape index (κ1) is 13.1. The van der Waals surface area contributed by atoms with E-state index in [0.29, 0.717) is 17.1 Å². The molecular formula is C13H15FN4O. The fourth-order valence-corrected chi connectivity index (χ4v) is 1.72. The zero-order valence-electron chi connectivity index (χ0n) is 10.8. The van der Waals surface area contributed by atoms with E-state index in [1.54, 1.807) is 13.1 Å². The Morgan fingerprint density at radius 1 is 1.42 bits per heavy atom. The molecule has 5 nitrogen and oxygen atoms in total. The van der Waals surface area contributed by atoms with Crippen LogP contribution in [0.4, 0.5) is 15.9 Å². The number of halogens is 1. The van der Waals surface area contributed by atoms with E-state index >= 15 is 0 Å². The van der Waals surface area contributed by atoms with Crippen molar-refractivity contribution >= 4 is 17.4 Å². The number of hydrogen-bond acceptors (Lipinski definition) is 3. The predicted octanol–water partition coefficient (Wildman–Crippen LogP) is 1.86. The lowest BCUT2D eigenvalue weighted by Gasteiger charge is -2.08. The Balaban J connectivity index is 2.05. The first-order valence-corrected chi connectivity index (χ1v) is 5.81. The second-order valence-corrected chi connectivity index (χ2v) is 4.40. The lowest BCUT2D eigenvalue weighted by atomic mass is 10.2. The third-order valence-corrected chi connectivity index (χ3v) is 2.75. The average Bonchev–Trinajstić information content (AvgIpc) is 2.62. The number of nitrogens with two attached hydrogens (primary N) is 1. The van der Waals surface area contributed by atoms with Crippen molar-refractivity contribution in [3.05, 3.63) is 41.3 Å². The van der Waals surface area contributed by atoms with Crippen LogP contribution in [0.2, 0.25) is 0 Å². The van der Waals surface area contributed by atoms with E-state index in [2.05, 4.69) is 10.4 Å². The number of nitrogens with one attached hydrogen (secondary N) is 1. The molecule has 0 aliphatic rings. The van der Waals surface area contributed by atoms with Crippen molar-refractivity contribution in [1.82, 2.24) is 9.78 Å². The summed E-state index contributed by atoms with van der Waals surface area (Å²) in [5, 5.41) is 6.71. The number of anilines is 2. The Kier molecular flexibility index (Phi) is 3.50. The number of aromatic nitrogens is 2. The van der Waals surface area contributed by atoms with Gasteiger partial charge in [0.2, 0.25) is 5.91 Å². The van der Waals surface area contributed by atoms with Crippen LogP contribution in [-0.2, 0) is 11.3 Å². The lowest BCUT2D eigenvalue weighted by molar-refractivity contribution is -0.116. The van der Waals surface area contributed by atoms with Gasteiger partial charge in [0.25, 0.3) is 0 Å². The molecule has 1 aromatic carbocycles. The summed E-state index contributed by atoms with van der Waals surface area (Å²) < 4.78 is 14.4. The van der Waals surface area contributed by atoms with Gasteiger partial charge in [0.1, 0.15) is 18.2 Å². The molecule has 0 bridgehead atoms. The van der Waals surface area contributed by atoms with Gasteiger partial charge in [-0.25, -0.2) is 4.39 Å². The minimum Gasteiger partial charge on any atom is -0.382 e. The Morgan fingerprint density at radius 3 is 2.74 bits per heavy atom. The molecule has 0 unspecified atom stereocenters. The van der Waals surface area contributed by atoms with Gasteiger partial charge in [0.15, 0.2) is 0 Å². The third kappa shape index (κ3) is 3.09. The Bertz CT molecular complexity index is 602. The topological polar surface area (TPSA) is 72.9 Å². The van der Waals surface area contributed by atoms with Crippen molar-refractivity contribution < 1.29 is 9.18 Å². The number of carbonyl (C=O) groups is 1. The molecular weight excluding hydrogens is 247 g/mol. The zero-order valence-corrected chi connectivity index (χ0v) is 10.8. The number of rotatable bonds is 3. The SMILES string of the molecule is Cc1cc(F)ccc1NC(=O)Cn1cc(C)c(N)n1. The van der Waals surface area contributed by atoms with Crippen LogP contribution in [0.1, 0.15) is 11.1 Å². The van der Waals surface area contributed by atoms with Gasteiger partial charge in [-0.05, 0) is 37.6 Å². The van der Waals surface area contributed by atoms with Gasteiger partial charge in [0.05, 0.1) is 0 Å². The largest absolute Gasteiger partial charge is 0.382 e. The maximum atomic E-state index is 12.9. The van der Waals surface area contributed by atoms with Gasteiger partial charge in [-0.1, -0.05) is 0 Å². The first-order chi connectivity index (χ1) is 8.95. The molecule has 0 saturated heterocycles. The fourth-order valence-electron chi connectivity index (χ4n) is 1.72. The Morgan fingerprint density at radius 2 is 2.16 bits per heavy atom. The minimum atomic E-state index is -0.328. The number of aryl methyl sites for hydroxylation is 2. The van der Waals surface area contributed by atoms with Gasteiger partial charge in [-0.3, -0.25) is 9.48 Å². The maximum absolute atomic E-state index is 12.9. The molecule has 1 aromatic heterocycles. The van der Waals surface area contributed by atoms with Crippen LogP contribution in [-0.4, -0.2) is 15.7 Å². The van der Waals surface area contributed by atoms with Crippen LogP contribution < -0.4 is 11.1 Å². The molecule has 2 rings (SSSR count). The summed E-state index contributed by atoms with van der Waals surface area (Å²) >= 11 is 0. The molecule has 0 spiro atoms. The Hall–Kier alpha value is -2.37. The summed E-state index contributed by atoms with van der Waals surface area (Å²) in [6.45, 7) is 3.62. The molecule has 1 amide bonds. The summed E-state index contributed by atoms with van der Waals surface area (Å²) in [6.07, 6.45) is 1.70. The van der Waals surface area contributed by atoms with E-state index in [9.17, 15) is 9.18 Å². The molecule has 0 aliphatic carbocycles. The summed E-state index contributed by atoms with van der Waals surface area (Å²) in [5.74, 6) is -0.158. The van der Waals surface area contributed by atoms with Gasteiger partial charge in [-0.15, -0.1) is 0 Å².